The van der Waals surface area contributed by atoms with Gasteiger partial charge in [0.25, 0.3) is 5.91 Å². The van der Waals surface area contributed by atoms with Gasteiger partial charge in [0.1, 0.15) is 0 Å². The van der Waals surface area contributed by atoms with Gasteiger partial charge >= 0.3 is 0 Å². The van der Waals surface area contributed by atoms with E-state index in [2.05, 4.69) is 5.32 Å². The second kappa shape index (κ2) is 12.9. The lowest BCUT2D eigenvalue weighted by Gasteiger charge is -2.32. The molecule has 0 aliphatic rings. The summed E-state index contributed by atoms with van der Waals surface area (Å²) in [7, 11) is -3.29. The third-order valence-corrected chi connectivity index (χ3v) is 8.66. The maximum absolute atomic E-state index is 13.7. The number of hydrogen-bond donors (Lipinski definition) is 1. The molecular weight excluding hydrogens is 544 g/mol. The van der Waals surface area contributed by atoms with E-state index >= 15 is 0 Å². The van der Waals surface area contributed by atoms with Gasteiger partial charge in [-0.25, -0.2) is 8.42 Å². The van der Waals surface area contributed by atoms with Crippen LogP contribution >= 0.6 is 11.6 Å². The van der Waals surface area contributed by atoms with Gasteiger partial charge in [-0.2, -0.15) is 0 Å². The van der Waals surface area contributed by atoms with Crippen molar-refractivity contribution in [1.82, 2.24) is 4.90 Å². The first kappa shape index (κ1) is 29.1. The highest BCUT2D eigenvalue weighted by molar-refractivity contribution is 7.91. The molecule has 0 saturated carbocycles. The lowest BCUT2D eigenvalue weighted by molar-refractivity contribution is -0.115. The van der Waals surface area contributed by atoms with Crippen molar-refractivity contribution in [2.45, 2.75) is 31.2 Å². The van der Waals surface area contributed by atoms with Crippen LogP contribution in [0.4, 0.5) is 5.69 Å². The van der Waals surface area contributed by atoms with Crippen LogP contribution in [0.3, 0.4) is 0 Å². The largest absolute Gasteiger partial charge is 0.328 e. The maximum Gasteiger partial charge on any atom is 0.254 e. The van der Waals surface area contributed by atoms with Crippen molar-refractivity contribution in [2.24, 2.45) is 0 Å². The summed E-state index contributed by atoms with van der Waals surface area (Å²) in [5, 5.41) is 3.47. The molecule has 0 aromatic heterocycles. The van der Waals surface area contributed by atoms with E-state index < -0.39 is 9.84 Å². The zero-order chi connectivity index (χ0) is 28.7. The number of amides is 2. The molecule has 8 heteroatoms. The molecule has 0 aliphatic carbocycles. The summed E-state index contributed by atoms with van der Waals surface area (Å²) >= 11 is 6.13. The molecule has 206 valence electrons. The van der Waals surface area contributed by atoms with Crippen molar-refractivity contribution in [2.75, 3.05) is 17.6 Å². The number of nitrogens with one attached hydrogen (secondary N) is 1. The van der Waals surface area contributed by atoms with Gasteiger partial charge in [-0.15, -0.1) is 0 Å². The summed E-state index contributed by atoms with van der Waals surface area (Å²) in [6.07, 6.45) is 0.0938. The average Bonchev–Trinajstić information content (AvgIpc) is 2.97. The molecule has 0 spiro atoms. The van der Waals surface area contributed by atoms with Crippen LogP contribution in [0, 0.1) is 0 Å². The van der Waals surface area contributed by atoms with Crippen molar-refractivity contribution >= 4 is 38.9 Å². The highest BCUT2D eigenvalue weighted by atomic mass is 35.5. The Morgan fingerprint density at radius 1 is 0.800 bits per heavy atom. The van der Waals surface area contributed by atoms with Gasteiger partial charge in [0, 0.05) is 22.8 Å². The van der Waals surface area contributed by atoms with Gasteiger partial charge in [-0.1, -0.05) is 73.1 Å². The Balaban J connectivity index is 1.47. The van der Waals surface area contributed by atoms with E-state index in [4.69, 9.17) is 11.6 Å². The molecule has 1 N–H and O–H groups in total. The fourth-order valence-corrected chi connectivity index (χ4v) is 5.52. The molecule has 0 saturated heterocycles. The lowest BCUT2D eigenvalue weighted by Crippen LogP contribution is -2.35. The molecule has 0 heterocycles. The number of halogens is 1. The number of nitrogens with zero attached hydrogens (tertiary/aromatic N) is 1. The summed E-state index contributed by atoms with van der Waals surface area (Å²) in [5.74, 6) is -0.353. The quantitative estimate of drug-likeness (QED) is 0.232. The third kappa shape index (κ3) is 6.97. The molecule has 4 aromatic carbocycles. The number of anilines is 1. The molecule has 0 radical (unpaired) electrons. The van der Waals surface area contributed by atoms with E-state index in [9.17, 15) is 18.0 Å². The van der Waals surface area contributed by atoms with Crippen molar-refractivity contribution < 1.29 is 18.0 Å². The van der Waals surface area contributed by atoms with E-state index in [-0.39, 0.29) is 34.9 Å². The van der Waals surface area contributed by atoms with Gasteiger partial charge in [0.2, 0.25) is 5.91 Å². The summed E-state index contributed by atoms with van der Waals surface area (Å²) in [5.41, 5.74) is 3.71. The van der Waals surface area contributed by atoms with Crippen molar-refractivity contribution in [3.63, 3.8) is 0 Å². The monoisotopic (exact) mass is 574 g/mol. The van der Waals surface area contributed by atoms with Crippen LogP contribution in [0.1, 0.15) is 46.9 Å². The SMILES string of the molecule is CCN(C(=O)c1ccc(NC(=O)Cc2ccc(S(=O)(=O)CC)cc2)cc1)C(c1ccccc1)c1ccc(Cl)cc1. The fraction of sp³-hybridized carbons (Fsp3) is 0.188. The Hall–Kier alpha value is -3.94. The average molecular weight is 575 g/mol. The highest BCUT2D eigenvalue weighted by Crippen LogP contribution is 2.31. The number of carbonyl (C=O) groups excluding carboxylic acids is 2. The van der Waals surface area contributed by atoms with E-state index in [0.717, 1.165) is 11.1 Å². The third-order valence-electron chi connectivity index (χ3n) is 6.66. The van der Waals surface area contributed by atoms with Crippen LogP contribution in [0.25, 0.3) is 0 Å². The van der Waals surface area contributed by atoms with Gasteiger partial charge in [0.15, 0.2) is 9.84 Å². The minimum absolute atomic E-state index is 0.0232. The minimum Gasteiger partial charge on any atom is -0.328 e. The maximum atomic E-state index is 13.7. The number of sulfone groups is 1. The predicted octanol–water partition coefficient (Wildman–Crippen LogP) is 6.57. The minimum atomic E-state index is -3.29. The molecular formula is C32H31ClN2O4S. The molecule has 2 amide bonds. The Morgan fingerprint density at radius 2 is 1.40 bits per heavy atom. The van der Waals surface area contributed by atoms with Crippen molar-refractivity contribution in [3.05, 3.63) is 130 Å². The van der Waals surface area contributed by atoms with Crippen molar-refractivity contribution in [1.29, 1.82) is 0 Å². The van der Waals surface area contributed by atoms with Gasteiger partial charge in [0.05, 0.1) is 23.1 Å². The Labute approximate surface area is 240 Å². The molecule has 4 aromatic rings. The summed E-state index contributed by atoms with van der Waals surface area (Å²) in [6, 6.07) is 30.2. The van der Waals surface area contributed by atoms with E-state index in [1.165, 1.54) is 12.1 Å². The standard InChI is InChI=1S/C32H31ClN2O4S/c1-3-35(31(24-8-6-5-7-9-24)25-12-16-27(33)17-13-25)32(37)26-14-18-28(19-15-26)34-30(36)22-23-10-20-29(21-11-23)40(38,39)4-2/h5-21,31H,3-4,22H2,1-2H3,(H,34,36). The van der Waals surface area contributed by atoms with Crippen molar-refractivity contribution in [3.8, 4) is 0 Å². The number of hydrogen-bond acceptors (Lipinski definition) is 4. The first-order valence-corrected chi connectivity index (χ1v) is 15.1. The smallest absolute Gasteiger partial charge is 0.254 e. The van der Waals surface area contributed by atoms with Crippen LogP contribution in [0.5, 0.6) is 0 Å². The van der Waals surface area contributed by atoms with E-state index in [1.54, 1.807) is 43.3 Å². The molecule has 0 aliphatic heterocycles. The number of benzene rings is 4. The Kier molecular flexibility index (Phi) is 9.40. The zero-order valence-electron chi connectivity index (χ0n) is 22.4. The molecule has 4 rings (SSSR count). The highest BCUT2D eigenvalue weighted by Gasteiger charge is 2.26. The molecule has 1 unspecified atom stereocenters. The molecule has 0 bridgehead atoms. The number of rotatable bonds is 10. The summed E-state index contributed by atoms with van der Waals surface area (Å²) in [6.45, 7) is 4.02. The van der Waals surface area contributed by atoms with Gasteiger partial charge < -0.3 is 10.2 Å². The first-order valence-electron chi connectivity index (χ1n) is 13.0. The lowest BCUT2D eigenvalue weighted by atomic mass is 9.96. The van der Waals surface area contributed by atoms with Crippen LogP contribution in [0.15, 0.2) is 108 Å². The second-order valence-corrected chi connectivity index (χ2v) is 12.0. The van der Waals surface area contributed by atoms with Crippen LogP contribution < -0.4 is 5.32 Å². The van der Waals surface area contributed by atoms with Crippen LogP contribution in [0.2, 0.25) is 5.02 Å². The van der Waals surface area contributed by atoms with Crippen LogP contribution in [-0.2, 0) is 21.1 Å². The Morgan fingerprint density at radius 3 is 1.98 bits per heavy atom. The second-order valence-electron chi connectivity index (χ2n) is 9.31. The topological polar surface area (TPSA) is 83.6 Å². The van der Waals surface area contributed by atoms with E-state index in [1.807, 2.05) is 66.4 Å². The zero-order valence-corrected chi connectivity index (χ0v) is 24.0. The molecule has 1 atom stereocenters. The van der Waals surface area contributed by atoms with Crippen LogP contribution in [-0.4, -0.2) is 37.4 Å². The summed E-state index contributed by atoms with van der Waals surface area (Å²) < 4.78 is 24.0. The molecule has 40 heavy (non-hydrogen) atoms. The summed E-state index contributed by atoms with van der Waals surface area (Å²) in [4.78, 5) is 28.4. The first-order chi connectivity index (χ1) is 19.2. The fourth-order valence-electron chi connectivity index (χ4n) is 4.51. The van der Waals surface area contributed by atoms with E-state index in [0.29, 0.717) is 28.4 Å². The molecule has 0 fully saturated rings. The molecule has 6 nitrogen and oxygen atoms in total. The van der Waals surface area contributed by atoms with Gasteiger partial charge in [-0.05, 0) is 72.1 Å². The Bertz CT molecular complexity index is 1550. The van der Waals surface area contributed by atoms with Gasteiger partial charge in [-0.3, -0.25) is 9.59 Å². The number of carbonyl (C=O) groups is 2. The predicted molar refractivity (Wildman–Crippen MR) is 159 cm³/mol. The normalized spacial score (nSPS) is 12.0.